The van der Waals surface area contributed by atoms with E-state index in [9.17, 15) is 14.2 Å². The number of phosphoric ester groups is 1. The minimum atomic E-state index is -4.76. The number of rotatable bonds is 28. The molecular formula is C32H57O8P. The summed E-state index contributed by atoms with van der Waals surface area (Å²) in [5.41, 5.74) is 0. The second kappa shape index (κ2) is 28.4. The zero-order valence-electron chi connectivity index (χ0n) is 25.7. The Bertz CT molecular complexity index is 772. The molecule has 1 unspecified atom stereocenters. The molecule has 8 nitrogen and oxygen atoms in total. The van der Waals surface area contributed by atoms with Gasteiger partial charge in [-0.15, -0.1) is 0 Å². The number of hydrogen-bond donors (Lipinski definition) is 2. The molecule has 0 aromatic heterocycles. The van der Waals surface area contributed by atoms with Gasteiger partial charge in [-0.3, -0.25) is 14.1 Å². The van der Waals surface area contributed by atoms with E-state index in [0.717, 1.165) is 44.9 Å². The van der Waals surface area contributed by atoms with E-state index >= 15 is 0 Å². The Kier molecular flexibility index (Phi) is 27.2. The molecule has 0 heterocycles. The highest BCUT2D eigenvalue weighted by Gasteiger charge is 2.22. The van der Waals surface area contributed by atoms with E-state index in [1.54, 1.807) is 0 Å². The van der Waals surface area contributed by atoms with E-state index < -0.39 is 32.5 Å². The van der Waals surface area contributed by atoms with Crippen molar-refractivity contribution >= 4 is 19.8 Å². The maximum Gasteiger partial charge on any atom is 0.469 e. The van der Waals surface area contributed by atoms with Gasteiger partial charge in [-0.1, -0.05) is 108 Å². The van der Waals surface area contributed by atoms with Crippen LogP contribution >= 0.6 is 7.82 Å². The highest BCUT2D eigenvalue weighted by Crippen LogP contribution is 2.35. The molecule has 0 aromatic carbocycles. The maximum absolute atomic E-state index is 12.2. The van der Waals surface area contributed by atoms with Crippen molar-refractivity contribution in [1.82, 2.24) is 0 Å². The van der Waals surface area contributed by atoms with Crippen molar-refractivity contribution in [2.24, 2.45) is 0 Å². The highest BCUT2D eigenvalue weighted by atomic mass is 31.2. The number of carbonyl (C=O) groups is 2. The number of unbranched alkanes of at least 4 members (excludes halogenated alkanes) is 12. The van der Waals surface area contributed by atoms with E-state index in [2.05, 4.69) is 42.7 Å². The van der Waals surface area contributed by atoms with Gasteiger partial charge in [-0.2, -0.15) is 0 Å². The highest BCUT2D eigenvalue weighted by molar-refractivity contribution is 7.46. The molecule has 0 fully saturated rings. The normalized spacial score (nSPS) is 13.0. The fraction of sp³-hybridized carbons (Fsp3) is 0.750. The minimum Gasteiger partial charge on any atom is -0.462 e. The summed E-state index contributed by atoms with van der Waals surface area (Å²) in [6.45, 7) is 3.53. The number of ether oxygens (including phenoxy) is 2. The lowest BCUT2D eigenvalue weighted by Crippen LogP contribution is -2.29. The summed E-state index contributed by atoms with van der Waals surface area (Å²) in [5.74, 6) is -0.985. The summed E-state index contributed by atoms with van der Waals surface area (Å²) < 4.78 is 26.0. The molecule has 0 aromatic rings. The first-order chi connectivity index (χ1) is 19.8. The van der Waals surface area contributed by atoms with Crippen LogP contribution < -0.4 is 0 Å². The van der Waals surface area contributed by atoms with Gasteiger partial charge < -0.3 is 19.3 Å². The Morgan fingerprint density at radius 1 is 0.634 bits per heavy atom. The first-order valence-electron chi connectivity index (χ1n) is 15.8. The van der Waals surface area contributed by atoms with Crippen LogP contribution in [0.15, 0.2) is 36.5 Å². The number of phosphoric acid groups is 1. The molecule has 238 valence electrons. The Morgan fingerprint density at radius 2 is 1.17 bits per heavy atom. The molecule has 0 bridgehead atoms. The van der Waals surface area contributed by atoms with E-state index in [-0.39, 0.29) is 19.4 Å². The lowest BCUT2D eigenvalue weighted by molar-refractivity contribution is -0.161. The van der Waals surface area contributed by atoms with Gasteiger partial charge in [0.05, 0.1) is 6.61 Å². The van der Waals surface area contributed by atoms with E-state index in [0.29, 0.717) is 12.8 Å². The summed E-state index contributed by atoms with van der Waals surface area (Å²) in [6.07, 6.45) is 30.3. The lowest BCUT2D eigenvalue weighted by Gasteiger charge is -2.18. The van der Waals surface area contributed by atoms with Gasteiger partial charge in [0.15, 0.2) is 6.10 Å². The molecular weight excluding hydrogens is 543 g/mol. The van der Waals surface area contributed by atoms with Crippen molar-refractivity contribution in [3.8, 4) is 0 Å². The van der Waals surface area contributed by atoms with Crippen molar-refractivity contribution in [2.75, 3.05) is 13.2 Å². The predicted octanol–water partition coefficient (Wildman–Crippen LogP) is 8.67. The minimum absolute atomic E-state index is 0.103. The summed E-state index contributed by atoms with van der Waals surface area (Å²) in [6, 6.07) is 0. The summed E-state index contributed by atoms with van der Waals surface area (Å²) in [7, 11) is -4.76. The third-order valence-corrected chi connectivity index (χ3v) is 6.88. The zero-order chi connectivity index (χ0) is 30.4. The van der Waals surface area contributed by atoms with Crippen molar-refractivity contribution in [3.05, 3.63) is 36.5 Å². The molecule has 1 atom stereocenters. The van der Waals surface area contributed by atoms with Gasteiger partial charge in [0.1, 0.15) is 6.61 Å². The third-order valence-electron chi connectivity index (χ3n) is 6.39. The van der Waals surface area contributed by atoms with E-state index in [1.807, 2.05) is 12.2 Å². The maximum atomic E-state index is 12.2. The predicted molar refractivity (Wildman–Crippen MR) is 165 cm³/mol. The average Bonchev–Trinajstić information content (AvgIpc) is 2.93. The smallest absolute Gasteiger partial charge is 0.462 e. The first-order valence-corrected chi connectivity index (χ1v) is 17.3. The monoisotopic (exact) mass is 600 g/mol. The Labute approximate surface area is 249 Å². The van der Waals surface area contributed by atoms with Crippen molar-refractivity contribution in [3.63, 3.8) is 0 Å². The molecule has 9 heteroatoms. The molecule has 0 radical (unpaired) electrons. The number of hydrogen-bond acceptors (Lipinski definition) is 6. The summed E-state index contributed by atoms with van der Waals surface area (Å²) in [5, 5.41) is 0. The van der Waals surface area contributed by atoms with Crippen LogP contribution in [0.4, 0.5) is 0 Å². The Morgan fingerprint density at radius 3 is 1.80 bits per heavy atom. The number of carbonyl (C=O) groups excluding carboxylic acids is 2. The third kappa shape index (κ3) is 31.0. The fourth-order valence-electron chi connectivity index (χ4n) is 3.99. The van der Waals surface area contributed by atoms with Crippen LogP contribution in [0.3, 0.4) is 0 Å². The molecule has 0 saturated carbocycles. The summed E-state index contributed by atoms with van der Waals surface area (Å²) >= 11 is 0. The topological polar surface area (TPSA) is 119 Å². The molecule has 0 saturated heterocycles. The molecule has 0 aliphatic heterocycles. The molecule has 0 amide bonds. The molecule has 0 aliphatic rings. The van der Waals surface area contributed by atoms with Crippen LogP contribution in [-0.2, 0) is 28.2 Å². The standard InChI is InChI=1S/C32H57O8P/c1-3-5-7-9-11-13-15-16-17-19-21-23-25-27-32(34)40-30(29-39-41(35,36)37)28-38-31(33)26-24-22-20-18-14-12-10-8-6-4-2/h10,12,16-17,21,23,30H,3-9,11,13-15,18-20,22,24-29H2,1-2H3,(H2,35,36,37)/b12-10+,17-16+,23-21+. The first kappa shape index (κ1) is 39.3. The van der Waals surface area contributed by atoms with Gasteiger partial charge in [0, 0.05) is 12.8 Å². The SMILES string of the molecule is CCCC/C=C/CCCCCCC(=O)OCC(COP(=O)(O)O)OC(=O)CC/C=C/C/C=C/CCCCCCCC. The van der Waals surface area contributed by atoms with E-state index in [1.165, 1.54) is 51.4 Å². The van der Waals surface area contributed by atoms with Gasteiger partial charge in [0.2, 0.25) is 0 Å². The number of allylic oxidation sites excluding steroid dienone is 6. The molecule has 0 spiro atoms. The molecule has 0 aliphatic carbocycles. The van der Waals surface area contributed by atoms with Crippen molar-refractivity contribution < 1.29 is 37.9 Å². The van der Waals surface area contributed by atoms with E-state index in [4.69, 9.17) is 19.3 Å². The quantitative estimate of drug-likeness (QED) is 0.0396. The molecule has 0 rings (SSSR count). The Hall–Kier alpha value is -1.73. The average molecular weight is 601 g/mol. The number of esters is 2. The summed E-state index contributed by atoms with van der Waals surface area (Å²) in [4.78, 5) is 42.3. The van der Waals surface area contributed by atoms with Gasteiger partial charge in [-0.05, 0) is 51.4 Å². The van der Waals surface area contributed by atoms with Crippen LogP contribution in [0.1, 0.15) is 136 Å². The van der Waals surface area contributed by atoms with Crippen LogP contribution in [0.25, 0.3) is 0 Å². The zero-order valence-corrected chi connectivity index (χ0v) is 26.6. The lowest BCUT2D eigenvalue weighted by atomic mass is 10.1. The van der Waals surface area contributed by atoms with Crippen LogP contribution in [-0.4, -0.2) is 41.0 Å². The van der Waals surface area contributed by atoms with Crippen molar-refractivity contribution in [2.45, 2.75) is 142 Å². The Balaban J connectivity index is 4.17. The van der Waals surface area contributed by atoms with Crippen LogP contribution in [0.5, 0.6) is 0 Å². The second-order valence-electron chi connectivity index (χ2n) is 10.4. The molecule has 2 N–H and O–H groups in total. The largest absolute Gasteiger partial charge is 0.469 e. The molecule has 41 heavy (non-hydrogen) atoms. The van der Waals surface area contributed by atoms with Crippen LogP contribution in [0.2, 0.25) is 0 Å². The van der Waals surface area contributed by atoms with Gasteiger partial charge >= 0.3 is 19.8 Å². The van der Waals surface area contributed by atoms with Gasteiger partial charge in [-0.25, -0.2) is 4.57 Å². The van der Waals surface area contributed by atoms with Crippen LogP contribution in [0, 0.1) is 0 Å². The fourth-order valence-corrected chi connectivity index (χ4v) is 4.35. The van der Waals surface area contributed by atoms with Gasteiger partial charge in [0.25, 0.3) is 0 Å². The second-order valence-corrected chi connectivity index (χ2v) is 11.7. The van der Waals surface area contributed by atoms with Crippen molar-refractivity contribution in [1.29, 1.82) is 0 Å².